The zero-order valence-electron chi connectivity index (χ0n) is 14.6. The Morgan fingerprint density at radius 1 is 1.38 bits per heavy atom. The van der Waals surface area contributed by atoms with Crippen molar-refractivity contribution in [2.75, 3.05) is 17.2 Å². The number of amides is 1. The first kappa shape index (κ1) is 17.5. The molecule has 1 N–H and O–H groups in total. The summed E-state index contributed by atoms with van der Waals surface area (Å²) in [6.45, 7) is 5.30. The van der Waals surface area contributed by atoms with Gasteiger partial charge in [0.15, 0.2) is 0 Å². The standard InChI is InChI=1S/C19H27N3OS/c1-3-14(4-2)16-9-11-20-19(21-16)24-13-18(23)22-12-10-15-7-5-6-8-17(15)22/h5-8,11,14,16,19,21H,3-4,9-10,12-13H2,1-2H3. The Labute approximate surface area is 149 Å². The lowest BCUT2D eigenvalue weighted by Gasteiger charge is -2.31. The van der Waals surface area contributed by atoms with Gasteiger partial charge in [-0.1, -0.05) is 44.9 Å². The van der Waals surface area contributed by atoms with E-state index >= 15 is 0 Å². The second kappa shape index (κ2) is 8.17. The maximum absolute atomic E-state index is 12.6. The summed E-state index contributed by atoms with van der Waals surface area (Å²) in [4.78, 5) is 19.1. The summed E-state index contributed by atoms with van der Waals surface area (Å²) in [6, 6.07) is 8.69. The van der Waals surface area contributed by atoms with Crippen LogP contribution in [0.4, 0.5) is 5.69 Å². The molecule has 130 valence electrons. The number of anilines is 1. The first-order chi connectivity index (χ1) is 11.7. The molecular weight excluding hydrogens is 318 g/mol. The van der Waals surface area contributed by atoms with Crippen molar-refractivity contribution < 1.29 is 4.79 Å². The molecule has 0 saturated heterocycles. The van der Waals surface area contributed by atoms with Crippen LogP contribution in [0.25, 0.3) is 0 Å². The minimum atomic E-state index is 0.00569. The van der Waals surface area contributed by atoms with Gasteiger partial charge in [-0.05, 0) is 30.4 Å². The second-order valence-corrected chi connectivity index (χ2v) is 7.57. The highest BCUT2D eigenvalue weighted by molar-refractivity contribution is 8.00. The van der Waals surface area contributed by atoms with E-state index in [-0.39, 0.29) is 11.4 Å². The van der Waals surface area contributed by atoms with Gasteiger partial charge in [-0.15, -0.1) is 11.8 Å². The van der Waals surface area contributed by atoms with Crippen LogP contribution >= 0.6 is 11.8 Å². The van der Waals surface area contributed by atoms with Gasteiger partial charge in [0, 0.05) is 24.5 Å². The Hall–Kier alpha value is -1.33. The smallest absolute Gasteiger partial charge is 0.237 e. The molecule has 0 bridgehead atoms. The fourth-order valence-corrected chi connectivity index (χ4v) is 4.57. The molecule has 24 heavy (non-hydrogen) atoms. The lowest BCUT2D eigenvalue weighted by Crippen LogP contribution is -2.44. The number of benzene rings is 1. The van der Waals surface area contributed by atoms with Crippen LogP contribution in [0.5, 0.6) is 0 Å². The third-order valence-electron chi connectivity index (χ3n) is 5.13. The normalized spacial score (nSPS) is 22.9. The number of hydrogen-bond acceptors (Lipinski definition) is 4. The topological polar surface area (TPSA) is 44.7 Å². The minimum Gasteiger partial charge on any atom is -0.311 e. The molecule has 0 aliphatic carbocycles. The van der Waals surface area contributed by atoms with Gasteiger partial charge in [0.25, 0.3) is 0 Å². The molecule has 5 heteroatoms. The van der Waals surface area contributed by atoms with Crippen molar-refractivity contribution in [2.24, 2.45) is 10.9 Å². The maximum Gasteiger partial charge on any atom is 0.237 e. The predicted octanol–water partition coefficient (Wildman–Crippen LogP) is 3.46. The molecule has 1 amide bonds. The molecule has 0 saturated carbocycles. The van der Waals surface area contributed by atoms with E-state index < -0.39 is 0 Å². The number of thioether (sulfide) groups is 1. The van der Waals surface area contributed by atoms with E-state index in [4.69, 9.17) is 0 Å². The van der Waals surface area contributed by atoms with Crippen molar-refractivity contribution in [3.8, 4) is 0 Å². The molecule has 0 aromatic heterocycles. The Kier molecular flexibility index (Phi) is 5.95. The average Bonchev–Trinajstić information content (AvgIpc) is 3.05. The van der Waals surface area contributed by atoms with Crippen LogP contribution in [0.15, 0.2) is 29.3 Å². The Morgan fingerprint density at radius 2 is 2.17 bits per heavy atom. The summed E-state index contributed by atoms with van der Waals surface area (Å²) in [5.41, 5.74) is 2.36. The molecule has 2 heterocycles. The quantitative estimate of drug-likeness (QED) is 0.859. The van der Waals surface area contributed by atoms with Crippen LogP contribution < -0.4 is 10.2 Å². The van der Waals surface area contributed by atoms with Crippen molar-refractivity contribution in [1.29, 1.82) is 0 Å². The summed E-state index contributed by atoms with van der Waals surface area (Å²) in [5.74, 6) is 1.34. The lowest BCUT2D eigenvalue weighted by molar-refractivity contribution is -0.116. The highest BCUT2D eigenvalue weighted by Gasteiger charge is 2.27. The summed E-state index contributed by atoms with van der Waals surface area (Å²) in [6.07, 6.45) is 6.36. The fraction of sp³-hybridized carbons (Fsp3) is 0.579. The van der Waals surface area contributed by atoms with Crippen LogP contribution in [-0.4, -0.2) is 36.0 Å². The van der Waals surface area contributed by atoms with Gasteiger partial charge < -0.3 is 4.90 Å². The number of carbonyl (C=O) groups excluding carboxylic acids is 1. The molecule has 2 aliphatic heterocycles. The summed E-state index contributed by atoms with van der Waals surface area (Å²) >= 11 is 1.61. The largest absolute Gasteiger partial charge is 0.311 e. The number of nitrogens with zero attached hydrogens (tertiary/aromatic N) is 2. The first-order valence-corrected chi connectivity index (χ1v) is 10.0. The summed E-state index contributed by atoms with van der Waals surface area (Å²) in [7, 11) is 0. The predicted molar refractivity (Wildman–Crippen MR) is 103 cm³/mol. The molecule has 2 atom stereocenters. The van der Waals surface area contributed by atoms with Crippen LogP contribution in [0.1, 0.15) is 38.7 Å². The molecule has 4 nitrogen and oxygen atoms in total. The van der Waals surface area contributed by atoms with E-state index in [0.717, 1.165) is 25.1 Å². The van der Waals surface area contributed by atoms with Crippen LogP contribution in [-0.2, 0) is 11.2 Å². The van der Waals surface area contributed by atoms with Gasteiger partial charge in [-0.3, -0.25) is 15.1 Å². The first-order valence-electron chi connectivity index (χ1n) is 9.00. The van der Waals surface area contributed by atoms with Gasteiger partial charge in [-0.25, -0.2) is 0 Å². The van der Waals surface area contributed by atoms with Gasteiger partial charge in [0.2, 0.25) is 5.91 Å². The summed E-state index contributed by atoms with van der Waals surface area (Å²) < 4.78 is 0. The number of nitrogens with one attached hydrogen (secondary N) is 1. The van der Waals surface area contributed by atoms with Crippen LogP contribution in [0, 0.1) is 5.92 Å². The van der Waals surface area contributed by atoms with Crippen molar-refractivity contribution in [3.05, 3.63) is 29.8 Å². The van der Waals surface area contributed by atoms with Crippen LogP contribution in [0.2, 0.25) is 0 Å². The van der Waals surface area contributed by atoms with E-state index in [1.807, 2.05) is 29.3 Å². The highest BCUT2D eigenvalue weighted by atomic mass is 32.2. The number of fused-ring (bicyclic) bond motifs is 1. The van der Waals surface area contributed by atoms with Gasteiger partial charge in [-0.2, -0.15) is 0 Å². The Bertz CT molecular complexity index is 600. The zero-order chi connectivity index (χ0) is 16.9. The number of hydrogen-bond donors (Lipinski definition) is 1. The van der Waals surface area contributed by atoms with Crippen molar-refractivity contribution in [2.45, 2.75) is 51.1 Å². The van der Waals surface area contributed by atoms with Gasteiger partial charge in [0.05, 0.1) is 5.75 Å². The van der Waals surface area contributed by atoms with Crippen molar-refractivity contribution >= 4 is 29.6 Å². The molecule has 1 aromatic rings. The molecule has 2 aliphatic rings. The van der Waals surface area contributed by atoms with Gasteiger partial charge >= 0.3 is 0 Å². The molecular formula is C19H27N3OS. The maximum atomic E-state index is 12.6. The third kappa shape index (κ3) is 3.83. The van der Waals surface area contributed by atoms with Crippen molar-refractivity contribution in [1.82, 2.24) is 5.32 Å². The Morgan fingerprint density at radius 3 is 2.96 bits per heavy atom. The molecule has 0 radical (unpaired) electrons. The van der Waals surface area contributed by atoms with E-state index in [1.165, 1.54) is 18.4 Å². The van der Waals surface area contributed by atoms with E-state index in [1.54, 1.807) is 11.8 Å². The number of rotatable bonds is 6. The Balaban J connectivity index is 1.54. The zero-order valence-corrected chi connectivity index (χ0v) is 15.4. The SMILES string of the molecule is CCC(CC)C1CC=NC(SCC(=O)N2CCc3ccccc32)N1. The average molecular weight is 346 g/mol. The van der Waals surface area contributed by atoms with Crippen LogP contribution in [0.3, 0.4) is 0 Å². The van der Waals surface area contributed by atoms with Crippen molar-refractivity contribution in [3.63, 3.8) is 0 Å². The highest BCUT2D eigenvalue weighted by Crippen LogP contribution is 2.29. The molecule has 0 fully saturated rings. The molecule has 1 aromatic carbocycles. The molecule has 3 rings (SSSR count). The lowest BCUT2D eigenvalue weighted by atomic mass is 9.92. The third-order valence-corrected chi connectivity index (χ3v) is 6.11. The number of aliphatic imine (C=N–C) groups is 1. The monoisotopic (exact) mass is 345 g/mol. The van der Waals surface area contributed by atoms with E-state index in [0.29, 0.717) is 17.7 Å². The molecule has 0 spiro atoms. The summed E-state index contributed by atoms with van der Waals surface area (Å²) in [5, 5.41) is 3.61. The van der Waals surface area contributed by atoms with E-state index in [9.17, 15) is 4.79 Å². The van der Waals surface area contributed by atoms with Gasteiger partial charge in [0.1, 0.15) is 5.50 Å². The molecule has 2 unspecified atom stereocenters. The minimum absolute atomic E-state index is 0.00569. The van der Waals surface area contributed by atoms with E-state index in [2.05, 4.69) is 30.2 Å². The fourth-order valence-electron chi connectivity index (χ4n) is 3.67. The number of carbonyl (C=O) groups is 1. The second-order valence-electron chi connectivity index (χ2n) is 6.50. The number of para-hydroxylation sites is 1.